The summed E-state index contributed by atoms with van der Waals surface area (Å²) in [5.74, 6) is -0.137. The van der Waals surface area contributed by atoms with Crippen LogP contribution < -0.4 is 5.32 Å². The molecule has 0 aromatic heterocycles. The summed E-state index contributed by atoms with van der Waals surface area (Å²) in [5, 5.41) is 2.77. The monoisotopic (exact) mass is 353 g/mol. The molecule has 1 aromatic carbocycles. The number of alkyl halides is 3. The highest BCUT2D eigenvalue weighted by Crippen LogP contribution is 2.29. The van der Waals surface area contributed by atoms with Crippen molar-refractivity contribution >= 4 is 18.3 Å². The fourth-order valence-corrected chi connectivity index (χ4v) is 1.94. The van der Waals surface area contributed by atoms with E-state index in [9.17, 15) is 18.0 Å². The van der Waals surface area contributed by atoms with Crippen molar-refractivity contribution in [1.29, 1.82) is 0 Å². The van der Waals surface area contributed by atoms with Crippen molar-refractivity contribution in [1.82, 2.24) is 15.1 Å². The van der Waals surface area contributed by atoms with E-state index < -0.39 is 11.7 Å². The van der Waals surface area contributed by atoms with Crippen molar-refractivity contribution in [3.63, 3.8) is 0 Å². The van der Waals surface area contributed by atoms with E-state index in [2.05, 4.69) is 5.32 Å². The molecule has 0 saturated heterocycles. The zero-order valence-electron chi connectivity index (χ0n) is 13.5. The van der Waals surface area contributed by atoms with E-state index in [0.29, 0.717) is 18.7 Å². The molecule has 0 bridgehead atoms. The van der Waals surface area contributed by atoms with Gasteiger partial charge in [-0.1, -0.05) is 12.1 Å². The maximum Gasteiger partial charge on any atom is 0.416 e. The molecule has 1 N–H and O–H groups in total. The first-order valence-corrected chi connectivity index (χ1v) is 6.97. The van der Waals surface area contributed by atoms with E-state index in [-0.39, 0.29) is 31.4 Å². The van der Waals surface area contributed by atoms with Crippen molar-refractivity contribution in [3.8, 4) is 0 Å². The largest absolute Gasteiger partial charge is 0.416 e. The molecule has 0 atom stereocenters. The molecule has 0 unspecified atom stereocenters. The topological polar surface area (TPSA) is 35.6 Å². The van der Waals surface area contributed by atoms with E-state index >= 15 is 0 Å². The van der Waals surface area contributed by atoms with Gasteiger partial charge in [-0.2, -0.15) is 13.2 Å². The highest BCUT2D eigenvalue weighted by Gasteiger charge is 2.30. The number of hydrogen-bond donors (Lipinski definition) is 1. The van der Waals surface area contributed by atoms with Gasteiger partial charge < -0.3 is 15.1 Å². The van der Waals surface area contributed by atoms with Crippen LogP contribution in [0.2, 0.25) is 0 Å². The van der Waals surface area contributed by atoms with E-state index in [4.69, 9.17) is 0 Å². The minimum absolute atomic E-state index is 0. The predicted molar refractivity (Wildman–Crippen MR) is 86.6 cm³/mol. The Kier molecular flexibility index (Phi) is 9.19. The van der Waals surface area contributed by atoms with Crippen LogP contribution in [0.5, 0.6) is 0 Å². The zero-order chi connectivity index (χ0) is 16.8. The Bertz CT molecular complexity index is 495. The second kappa shape index (κ2) is 9.75. The molecular weight excluding hydrogens is 331 g/mol. The lowest BCUT2D eigenvalue weighted by Crippen LogP contribution is -2.40. The smallest absolute Gasteiger partial charge is 0.336 e. The first-order valence-electron chi connectivity index (χ1n) is 6.97. The van der Waals surface area contributed by atoms with Crippen LogP contribution in [0.3, 0.4) is 0 Å². The Labute approximate surface area is 141 Å². The third kappa shape index (κ3) is 7.67. The third-order valence-corrected chi connectivity index (χ3v) is 3.13. The normalized spacial score (nSPS) is 11.3. The maximum absolute atomic E-state index is 12.7. The first kappa shape index (κ1) is 21.7. The number of likely N-dealkylation sites (N-methyl/N-ethyl adjacent to an activating group) is 2. The minimum atomic E-state index is -4.38. The fourth-order valence-electron chi connectivity index (χ4n) is 1.94. The molecule has 0 aliphatic rings. The van der Waals surface area contributed by atoms with Gasteiger partial charge in [0.1, 0.15) is 0 Å². The van der Waals surface area contributed by atoms with E-state index in [1.54, 1.807) is 18.0 Å². The van der Waals surface area contributed by atoms with Crippen molar-refractivity contribution in [2.75, 3.05) is 40.8 Å². The molecule has 23 heavy (non-hydrogen) atoms. The van der Waals surface area contributed by atoms with Gasteiger partial charge in [0, 0.05) is 19.6 Å². The molecule has 0 heterocycles. The van der Waals surface area contributed by atoms with Crippen LogP contribution >= 0.6 is 12.4 Å². The van der Waals surface area contributed by atoms with Gasteiger partial charge in [0.25, 0.3) is 0 Å². The molecule has 1 rings (SSSR count). The molecule has 0 fully saturated rings. The van der Waals surface area contributed by atoms with Crippen LogP contribution in [-0.2, 0) is 17.5 Å². The van der Waals surface area contributed by atoms with Crippen LogP contribution in [0.25, 0.3) is 0 Å². The fraction of sp³-hybridized carbons (Fsp3) is 0.533. The van der Waals surface area contributed by atoms with Crippen LogP contribution in [0.1, 0.15) is 11.1 Å². The summed E-state index contributed by atoms with van der Waals surface area (Å²) in [7, 11) is 5.42. The molecular formula is C15H23ClF3N3O. The van der Waals surface area contributed by atoms with Crippen LogP contribution in [-0.4, -0.2) is 56.5 Å². The molecule has 0 saturated carbocycles. The summed E-state index contributed by atoms with van der Waals surface area (Å²) in [6, 6.07) is 5.09. The quantitative estimate of drug-likeness (QED) is 0.816. The molecule has 0 radical (unpaired) electrons. The predicted octanol–water partition coefficient (Wildman–Crippen LogP) is 2.24. The Hall–Kier alpha value is -1.31. The lowest BCUT2D eigenvalue weighted by Gasteiger charge is -2.25. The summed E-state index contributed by atoms with van der Waals surface area (Å²) >= 11 is 0. The van der Waals surface area contributed by atoms with Crippen molar-refractivity contribution < 1.29 is 18.0 Å². The zero-order valence-corrected chi connectivity index (χ0v) is 14.3. The maximum atomic E-state index is 12.7. The van der Waals surface area contributed by atoms with Crippen LogP contribution in [0.4, 0.5) is 13.2 Å². The van der Waals surface area contributed by atoms with Crippen molar-refractivity contribution in [3.05, 3.63) is 35.4 Å². The number of carbonyl (C=O) groups is 1. The van der Waals surface area contributed by atoms with Crippen molar-refractivity contribution in [2.24, 2.45) is 0 Å². The summed E-state index contributed by atoms with van der Waals surface area (Å²) in [6.07, 6.45) is -4.38. The van der Waals surface area contributed by atoms with Crippen LogP contribution in [0.15, 0.2) is 24.3 Å². The Morgan fingerprint density at radius 3 is 2.39 bits per heavy atom. The van der Waals surface area contributed by atoms with Gasteiger partial charge in [0.15, 0.2) is 0 Å². The summed E-state index contributed by atoms with van der Waals surface area (Å²) in [4.78, 5) is 15.5. The average Bonchev–Trinajstić information content (AvgIpc) is 2.42. The summed E-state index contributed by atoms with van der Waals surface area (Å²) in [6.45, 7) is 1.43. The van der Waals surface area contributed by atoms with Gasteiger partial charge in [0.2, 0.25) is 5.91 Å². The lowest BCUT2D eigenvalue weighted by molar-refractivity contribution is -0.137. The summed E-state index contributed by atoms with van der Waals surface area (Å²) < 4.78 is 38.2. The average molecular weight is 354 g/mol. The number of hydrogen-bond acceptors (Lipinski definition) is 3. The number of carbonyl (C=O) groups excluding carboxylic acids is 1. The number of benzene rings is 1. The second-order valence-corrected chi connectivity index (χ2v) is 5.35. The van der Waals surface area contributed by atoms with Gasteiger partial charge in [-0.05, 0) is 38.8 Å². The lowest BCUT2D eigenvalue weighted by atomic mass is 10.1. The number of nitrogens with zero attached hydrogens (tertiary/aromatic N) is 2. The van der Waals surface area contributed by atoms with E-state index in [0.717, 1.165) is 12.1 Å². The molecule has 8 heteroatoms. The van der Waals surface area contributed by atoms with Gasteiger partial charge in [0.05, 0.1) is 12.1 Å². The molecule has 1 aromatic rings. The molecule has 0 spiro atoms. The second-order valence-electron chi connectivity index (χ2n) is 5.35. The van der Waals surface area contributed by atoms with Gasteiger partial charge in [-0.15, -0.1) is 12.4 Å². The van der Waals surface area contributed by atoms with Gasteiger partial charge in [-0.25, -0.2) is 0 Å². The summed E-state index contributed by atoms with van der Waals surface area (Å²) in [5.41, 5.74) is -0.225. The highest BCUT2D eigenvalue weighted by atomic mass is 35.5. The molecule has 1 amide bonds. The number of rotatable bonds is 7. The standard InChI is InChI=1S/C15H22F3N3O.ClH/c1-19-10-14(22)21(8-7-20(2)3)11-12-5-4-6-13(9-12)15(16,17)18;/h4-6,9,19H,7-8,10-11H2,1-3H3;1H. The van der Waals surface area contributed by atoms with E-state index in [1.165, 1.54) is 6.07 Å². The minimum Gasteiger partial charge on any atom is -0.336 e. The Balaban J connectivity index is 0.00000484. The molecule has 0 aliphatic heterocycles. The molecule has 132 valence electrons. The van der Waals surface area contributed by atoms with Crippen LogP contribution in [0, 0.1) is 0 Å². The number of halogens is 4. The first-order chi connectivity index (χ1) is 10.2. The number of amides is 1. The number of nitrogens with one attached hydrogen (secondary N) is 1. The van der Waals surface area contributed by atoms with Crippen molar-refractivity contribution in [2.45, 2.75) is 12.7 Å². The molecule has 4 nitrogen and oxygen atoms in total. The SMILES string of the molecule is CNCC(=O)N(CCN(C)C)Cc1cccc(C(F)(F)F)c1.Cl. The molecule has 0 aliphatic carbocycles. The van der Waals surface area contributed by atoms with E-state index in [1.807, 2.05) is 19.0 Å². The highest BCUT2D eigenvalue weighted by molar-refractivity contribution is 5.85. The van der Waals surface area contributed by atoms with Gasteiger partial charge >= 0.3 is 6.18 Å². The third-order valence-electron chi connectivity index (χ3n) is 3.13. The Morgan fingerprint density at radius 2 is 1.87 bits per heavy atom. The Morgan fingerprint density at radius 1 is 1.22 bits per heavy atom. The van der Waals surface area contributed by atoms with Gasteiger partial charge in [-0.3, -0.25) is 4.79 Å².